The number of nitrogens with zero attached hydrogens (tertiary/aromatic N) is 1. The van der Waals surface area contributed by atoms with Gasteiger partial charge in [0.1, 0.15) is 0 Å². The standard InChI is InChI=1S/C20H26N2O/c1-2-6-20(21-11-12-22-13-15-23-16-14-22)19-10-5-8-17-7-3-4-9-18(17)19/h2-5,7-10,20-21H,1,6,11-16H2. The van der Waals surface area contributed by atoms with Crippen LogP contribution in [-0.2, 0) is 4.74 Å². The van der Waals surface area contributed by atoms with Crippen molar-refractivity contribution in [3.05, 3.63) is 60.7 Å². The van der Waals surface area contributed by atoms with E-state index in [-0.39, 0.29) is 0 Å². The van der Waals surface area contributed by atoms with Crippen molar-refractivity contribution < 1.29 is 4.74 Å². The van der Waals surface area contributed by atoms with Crippen molar-refractivity contribution in [3.8, 4) is 0 Å². The first-order chi connectivity index (χ1) is 11.4. The monoisotopic (exact) mass is 310 g/mol. The molecule has 122 valence electrons. The molecule has 3 rings (SSSR count). The molecule has 1 N–H and O–H groups in total. The van der Waals surface area contributed by atoms with Gasteiger partial charge in [0.25, 0.3) is 0 Å². The van der Waals surface area contributed by atoms with Crippen LogP contribution in [0.15, 0.2) is 55.1 Å². The van der Waals surface area contributed by atoms with E-state index >= 15 is 0 Å². The van der Waals surface area contributed by atoms with Crippen LogP contribution in [0.2, 0.25) is 0 Å². The molecule has 0 amide bonds. The molecular formula is C20H26N2O. The summed E-state index contributed by atoms with van der Waals surface area (Å²) in [6.45, 7) is 9.80. The molecule has 0 aliphatic carbocycles. The van der Waals surface area contributed by atoms with Gasteiger partial charge in [-0.15, -0.1) is 6.58 Å². The summed E-state index contributed by atoms with van der Waals surface area (Å²) in [4.78, 5) is 2.46. The molecule has 1 saturated heterocycles. The molecule has 2 aromatic rings. The summed E-state index contributed by atoms with van der Waals surface area (Å²) >= 11 is 0. The van der Waals surface area contributed by atoms with E-state index < -0.39 is 0 Å². The molecular weight excluding hydrogens is 284 g/mol. The van der Waals surface area contributed by atoms with Crippen molar-refractivity contribution in [2.45, 2.75) is 12.5 Å². The van der Waals surface area contributed by atoms with E-state index in [0.29, 0.717) is 6.04 Å². The lowest BCUT2D eigenvalue weighted by Gasteiger charge is -2.28. The lowest BCUT2D eigenvalue weighted by atomic mass is 9.96. The Labute approximate surface area is 138 Å². The second-order valence-corrected chi connectivity index (χ2v) is 6.05. The number of nitrogens with one attached hydrogen (secondary N) is 1. The Morgan fingerprint density at radius 2 is 1.91 bits per heavy atom. The van der Waals surface area contributed by atoms with E-state index in [9.17, 15) is 0 Å². The molecule has 1 aliphatic rings. The Morgan fingerprint density at radius 3 is 2.74 bits per heavy atom. The van der Waals surface area contributed by atoms with Crippen LogP contribution in [0.4, 0.5) is 0 Å². The lowest BCUT2D eigenvalue weighted by molar-refractivity contribution is 0.0381. The van der Waals surface area contributed by atoms with Crippen molar-refractivity contribution in [2.75, 3.05) is 39.4 Å². The maximum absolute atomic E-state index is 5.41. The molecule has 1 aliphatic heterocycles. The third kappa shape index (κ3) is 4.20. The Kier molecular flexibility index (Phi) is 5.81. The Hall–Kier alpha value is -1.68. The van der Waals surface area contributed by atoms with Crippen molar-refractivity contribution in [1.82, 2.24) is 10.2 Å². The molecule has 2 aromatic carbocycles. The van der Waals surface area contributed by atoms with E-state index in [1.807, 2.05) is 6.08 Å². The first-order valence-electron chi connectivity index (χ1n) is 8.50. The minimum atomic E-state index is 0.319. The van der Waals surface area contributed by atoms with E-state index in [2.05, 4.69) is 59.3 Å². The maximum atomic E-state index is 5.41. The largest absolute Gasteiger partial charge is 0.379 e. The number of fused-ring (bicyclic) bond motifs is 1. The zero-order chi connectivity index (χ0) is 15.9. The molecule has 0 aromatic heterocycles. The molecule has 0 bridgehead atoms. The summed E-state index contributed by atoms with van der Waals surface area (Å²) < 4.78 is 5.41. The zero-order valence-electron chi connectivity index (χ0n) is 13.7. The molecule has 1 fully saturated rings. The average molecular weight is 310 g/mol. The lowest BCUT2D eigenvalue weighted by Crippen LogP contribution is -2.40. The first-order valence-corrected chi connectivity index (χ1v) is 8.50. The van der Waals surface area contributed by atoms with Crippen LogP contribution >= 0.6 is 0 Å². The fourth-order valence-electron chi connectivity index (χ4n) is 3.26. The van der Waals surface area contributed by atoms with Gasteiger partial charge in [0.15, 0.2) is 0 Å². The van der Waals surface area contributed by atoms with Crippen molar-refractivity contribution >= 4 is 10.8 Å². The van der Waals surface area contributed by atoms with Crippen LogP contribution in [0.3, 0.4) is 0 Å². The third-order valence-corrected chi connectivity index (χ3v) is 4.52. The van der Waals surface area contributed by atoms with E-state index in [0.717, 1.165) is 45.8 Å². The summed E-state index contributed by atoms with van der Waals surface area (Å²) in [5.41, 5.74) is 1.37. The smallest absolute Gasteiger partial charge is 0.0594 e. The van der Waals surface area contributed by atoms with E-state index in [4.69, 9.17) is 4.74 Å². The van der Waals surface area contributed by atoms with E-state index in [1.165, 1.54) is 16.3 Å². The Bertz CT molecular complexity index is 629. The van der Waals surface area contributed by atoms with Crippen LogP contribution in [-0.4, -0.2) is 44.3 Å². The average Bonchev–Trinajstić information content (AvgIpc) is 2.61. The van der Waals surface area contributed by atoms with Crippen LogP contribution in [0.5, 0.6) is 0 Å². The van der Waals surface area contributed by atoms with Gasteiger partial charge < -0.3 is 10.1 Å². The van der Waals surface area contributed by atoms with Crippen LogP contribution in [0.1, 0.15) is 18.0 Å². The van der Waals surface area contributed by atoms with Crippen molar-refractivity contribution in [3.63, 3.8) is 0 Å². The predicted octanol–water partition coefficient (Wildman–Crippen LogP) is 3.38. The van der Waals surface area contributed by atoms with Crippen LogP contribution in [0, 0.1) is 0 Å². The summed E-state index contributed by atoms with van der Waals surface area (Å²) in [5, 5.41) is 6.36. The summed E-state index contributed by atoms with van der Waals surface area (Å²) in [7, 11) is 0. The molecule has 1 atom stereocenters. The minimum absolute atomic E-state index is 0.319. The second-order valence-electron chi connectivity index (χ2n) is 6.05. The zero-order valence-corrected chi connectivity index (χ0v) is 13.7. The number of morpholine rings is 1. The van der Waals surface area contributed by atoms with Gasteiger partial charge in [0.2, 0.25) is 0 Å². The Balaban J connectivity index is 1.68. The summed E-state index contributed by atoms with van der Waals surface area (Å²) in [6.07, 6.45) is 2.95. The van der Waals surface area contributed by atoms with Gasteiger partial charge in [-0.3, -0.25) is 4.90 Å². The van der Waals surface area contributed by atoms with Crippen molar-refractivity contribution in [2.24, 2.45) is 0 Å². The molecule has 0 saturated carbocycles. The second kappa shape index (κ2) is 8.25. The van der Waals surface area contributed by atoms with E-state index in [1.54, 1.807) is 0 Å². The highest BCUT2D eigenvalue weighted by Crippen LogP contribution is 2.26. The molecule has 0 spiro atoms. The summed E-state index contributed by atoms with van der Waals surface area (Å²) in [5.74, 6) is 0. The highest BCUT2D eigenvalue weighted by Gasteiger charge is 2.14. The number of rotatable bonds is 7. The number of benzene rings is 2. The summed E-state index contributed by atoms with van der Waals surface area (Å²) in [6, 6.07) is 15.5. The highest BCUT2D eigenvalue weighted by molar-refractivity contribution is 5.86. The van der Waals surface area contributed by atoms with Gasteiger partial charge >= 0.3 is 0 Å². The number of ether oxygens (including phenoxy) is 1. The molecule has 1 heterocycles. The van der Waals surface area contributed by atoms with Gasteiger partial charge in [-0.2, -0.15) is 0 Å². The van der Waals surface area contributed by atoms with Gasteiger partial charge in [-0.25, -0.2) is 0 Å². The minimum Gasteiger partial charge on any atom is -0.379 e. The van der Waals surface area contributed by atoms with Gasteiger partial charge in [-0.05, 0) is 22.8 Å². The Morgan fingerprint density at radius 1 is 1.13 bits per heavy atom. The molecule has 23 heavy (non-hydrogen) atoms. The SMILES string of the molecule is C=CCC(NCCN1CCOCC1)c1cccc2ccccc12. The highest BCUT2D eigenvalue weighted by atomic mass is 16.5. The fourth-order valence-corrected chi connectivity index (χ4v) is 3.26. The topological polar surface area (TPSA) is 24.5 Å². The van der Waals surface area contributed by atoms with Crippen LogP contribution in [0.25, 0.3) is 10.8 Å². The third-order valence-electron chi connectivity index (χ3n) is 4.52. The molecule has 0 radical (unpaired) electrons. The number of hydrogen-bond acceptors (Lipinski definition) is 3. The molecule has 3 heteroatoms. The number of hydrogen-bond donors (Lipinski definition) is 1. The molecule has 3 nitrogen and oxygen atoms in total. The fraction of sp³-hybridized carbons (Fsp3) is 0.400. The van der Waals surface area contributed by atoms with Gasteiger partial charge in [0, 0.05) is 32.2 Å². The normalized spacial score (nSPS) is 17.2. The first kappa shape index (κ1) is 16.2. The quantitative estimate of drug-likeness (QED) is 0.794. The molecule has 1 unspecified atom stereocenters. The van der Waals surface area contributed by atoms with Crippen molar-refractivity contribution in [1.29, 1.82) is 0 Å². The van der Waals surface area contributed by atoms with Gasteiger partial charge in [-0.1, -0.05) is 48.5 Å². The van der Waals surface area contributed by atoms with Gasteiger partial charge in [0.05, 0.1) is 13.2 Å². The predicted molar refractivity (Wildman–Crippen MR) is 96.8 cm³/mol. The maximum Gasteiger partial charge on any atom is 0.0594 e. The van der Waals surface area contributed by atoms with Crippen LogP contribution < -0.4 is 5.32 Å².